The van der Waals surface area contributed by atoms with Crippen molar-refractivity contribution in [1.82, 2.24) is 0 Å². The molecule has 4 aromatic rings. The van der Waals surface area contributed by atoms with Gasteiger partial charge in [0.15, 0.2) is 0 Å². The summed E-state index contributed by atoms with van der Waals surface area (Å²) in [5, 5.41) is 5.01. The molecule has 0 aliphatic rings. The Morgan fingerprint density at radius 2 is 0.875 bits per heavy atom. The molecule has 0 bridgehead atoms. The molecule has 0 amide bonds. The molecule has 0 saturated carbocycles. The molecule has 0 heteroatoms. The Hall–Kier alpha value is -3.04. The van der Waals surface area contributed by atoms with Crippen LogP contribution in [0.15, 0.2) is 72.8 Å². The molecule has 0 N–H and O–H groups in total. The summed E-state index contributed by atoms with van der Waals surface area (Å²) in [6, 6.07) is 25.8. The number of rotatable bonds is 0. The lowest BCUT2D eigenvalue weighted by molar-refractivity contribution is 1.50. The lowest BCUT2D eigenvalue weighted by Gasteiger charge is -2.01. The molecule has 0 aliphatic carbocycles. The topological polar surface area (TPSA) is 0 Å². The highest BCUT2D eigenvalue weighted by Crippen LogP contribution is 2.19. The van der Waals surface area contributed by atoms with Gasteiger partial charge in [0.25, 0.3) is 0 Å². The van der Waals surface area contributed by atoms with Crippen LogP contribution in [0.1, 0.15) is 22.3 Å². The zero-order valence-electron chi connectivity index (χ0n) is 13.9. The Bertz CT molecular complexity index is 1030. The summed E-state index contributed by atoms with van der Waals surface area (Å²) in [6.07, 6.45) is 0. The van der Waals surface area contributed by atoms with Crippen molar-refractivity contribution in [3.05, 3.63) is 95.1 Å². The number of hydrogen-bond acceptors (Lipinski definition) is 0. The first-order valence-corrected chi connectivity index (χ1v) is 8.20. The average Bonchev–Trinajstić information content (AvgIpc) is 2.59. The molecule has 0 spiro atoms. The molecule has 4 rings (SSSR count). The third kappa shape index (κ3) is 2.90. The van der Waals surface area contributed by atoms with Gasteiger partial charge in [-0.3, -0.25) is 0 Å². The van der Waals surface area contributed by atoms with Gasteiger partial charge < -0.3 is 0 Å². The Labute approximate surface area is 142 Å². The highest BCUT2D eigenvalue weighted by Gasteiger charge is 1.97. The van der Waals surface area contributed by atoms with Gasteiger partial charge in [-0.15, -0.1) is 0 Å². The fourth-order valence-electron chi connectivity index (χ4n) is 3.03. The van der Waals surface area contributed by atoms with Crippen LogP contribution in [0, 0.1) is 25.7 Å². The van der Waals surface area contributed by atoms with E-state index < -0.39 is 0 Å². The molecule has 0 radical (unpaired) electrons. The molecule has 0 nitrogen and oxygen atoms in total. The van der Waals surface area contributed by atoms with Crippen molar-refractivity contribution in [3.8, 4) is 11.8 Å². The smallest absolute Gasteiger partial charge is 0.0255 e. The standard InChI is InChI=1S/C24H18/c1-17-3-9-21-11-7-19(15-23(21)13-17)5-6-20-8-12-22-10-4-18(2)14-24(22)16-20/h3-4,7-16H,1-2H3. The van der Waals surface area contributed by atoms with Crippen LogP contribution in [0.25, 0.3) is 21.5 Å². The van der Waals surface area contributed by atoms with Crippen molar-refractivity contribution in [3.63, 3.8) is 0 Å². The first kappa shape index (κ1) is 14.5. The first-order valence-electron chi connectivity index (χ1n) is 8.20. The van der Waals surface area contributed by atoms with Gasteiger partial charge in [-0.25, -0.2) is 0 Å². The van der Waals surface area contributed by atoms with E-state index in [1.54, 1.807) is 0 Å². The molecule has 4 aromatic carbocycles. The van der Waals surface area contributed by atoms with Crippen molar-refractivity contribution in [2.75, 3.05) is 0 Å². The van der Waals surface area contributed by atoms with Gasteiger partial charge in [0.2, 0.25) is 0 Å². The third-order valence-corrected chi connectivity index (χ3v) is 4.34. The van der Waals surface area contributed by atoms with Crippen molar-refractivity contribution in [2.45, 2.75) is 13.8 Å². The normalized spacial score (nSPS) is 10.6. The van der Waals surface area contributed by atoms with E-state index in [-0.39, 0.29) is 0 Å². The van der Waals surface area contributed by atoms with Crippen molar-refractivity contribution in [1.29, 1.82) is 0 Å². The van der Waals surface area contributed by atoms with Crippen LogP contribution >= 0.6 is 0 Å². The van der Waals surface area contributed by atoms with E-state index in [0.717, 1.165) is 11.1 Å². The minimum absolute atomic E-state index is 1.05. The Morgan fingerprint density at radius 3 is 1.33 bits per heavy atom. The fraction of sp³-hybridized carbons (Fsp3) is 0.0833. The number of aryl methyl sites for hydroxylation is 2. The second-order valence-corrected chi connectivity index (χ2v) is 6.38. The number of fused-ring (bicyclic) bond motifs is 2. The molecule has 0 saturated heterocycles. The van der Waals surface area contributed by atoms with Crippen molar-refractivity contribution in [2.24, 2.45) is 0 Å². The van der Waals surface area contributed by atoms with E-state index in [1.807, 2.05) is 0 Å². The molecular formula is C24H18. The van der Waals surface area contributed by atoms with Gasteiger partial charge in [0.1, 0.15) is 0 Å². The summed E-state index contributed by atoms with van der Waals surface area (Å²) < 4.78 is 0. The Balaban J connectivity index is 1.73. The lowest BCUT2D eigenvalue weighted by Crippen LogP contribution is -1.81. The van der Waals surface area contributed by atoms with Crippen LogP contribution in [-0.2, 0) is 0 Å². The molecule has 0 heterocycles. The molecule has 0 aliphatic heterocycles. The Kier molecular flexibility index (Phi) is 3.56. The quantitative estimate of drug-likeness (QED) is 0.349. The van der Waals surface area contributed by atoms with E-state index in [4.69, 9.17) is 0 Å². The maximum atomic E-state index is 3.30. The average molecular weight is 306 g/mol. The van der Waals surface area contributed by atoms with E-state index >= 15 is 0 Å². The summed E-state index contributed by atoms with van der Waals surface area (Å²) in [5.74, 6) is 6.60. The minimum atomic E-state index is 1.05. The van der Waals surface area contributed by atoms with E-state index in [0.29, 0.717) is 0 Å². The molecule has 0 aromatic heterocycles. The lowest BCUT2D eigenvalue weighted by atomic mass is 10.0. The summed E-state index contributed by atoms with van der Waals surface area (Å²) >= 11 is 0. The first-order chi connectivity index (χ1) is 11.7. The molecular weight excluding hydrogens is 288 g/mol. The van der Waals surface area contributed by atoms with Gasteiger partial charge in [-0.2, -0.15) is 0 Å². The van der Waals surface area contributed by atoms with Crippen LogP contribution < -0.4 is 0 Å². The SMILES string of the molecule is Cc1ccc2ccc(C#Cc3ccc4ccc(C)cc4c3)cc2c1. The zero-order chi connectivity index (χ0) is 16.5. The van der Waals surface area contributed by atoms with Crippen LogP contribution in [0.2, 0.25) is 0 Å². The molecule has 0 atom stereocenters. The fourth-order valence-corrected chi connectivity index (χ4v) is 3.03. The van der Waals surface area contributed by atoms with Gasteiger partial charge in [0.05, 0.1) is 0 Å². The minimum Gasteiger partial charge on any atom is -0.0616 e. The predicted molar refractivity (Wildman–Crippen MR) is 103 cm³/mol. The summed E-state index contributed by atoms with van der Waals surface area (Å²) in [4.78, 5) is 0. The van der Waals surface area contributed by atoms with Gasteiger partial charge in [0, 0.05) is 11.1 Å². The summed E-state index contributed by atoms with van der Waals surface area (Å²) in [6.45, 7) is 4.24. The molecule has 0 fully saturated rings. The van der Waals surface area contributed by atoms with Gasteiger partial charge >= 0.3 is 0 Å². The second-order valence-electron chi connectivity index (χ2n) is 6.38. The third-order valence-electron chi connectivity index (χ3n) is 4.34. The van der Waals surface area contributed by atoms with Gasteiger partial charge in [-0.1, -0.05) is 71.5 Å². The zero-order valence-corrected chi connectivity index (χ0v) is 13.9. The largest absolute Gasteiger partial charge is 0.0616 e. The molecule has 0 unspecified atom stereocenters. The monoisotopic (exact) mass is 306 g/mol. The van der Waals surface area contributed by atoms with Crippen LogP contribution in [0.5, 0.6) is 0 Å². The van der Waals surface area contributed by atoms with Gasteiger partial charge in [-0.05, 0) is 59.7 Å². The maximum Gasteiger partial charge on any atom is 0.0255 e. The second kappa shape index (κ2) is 5.87. The highest BCUT2D eigenvalue weighted by atomic mass is 14.0. The van der Waals surface area contributed by atoms with Crippen LogP contribution in [-0.4, -0.2) is 0 Å². The molecule has 24 heavy (non-hydrogen) atoms. The van der Waals surface area contributed by atoms with Crippen LogP contribution in [0.3, 0.4) is 0 Å². The number of hydrogen-bond donors (Lipinski definition) is 0. The van der Waals surface area contributed by atoms with Crippen molar-refractivity contribution < 1.29 is 0 Å². The van der Waals surface area contributed by atoms with E-state index in [9.17, 15) is 0 Å². The van der Waals surface area contributed by atoms with E-state index in [2.05, 4.69) is 98.5 Å². The van der Waals surface area contributed by atoms with Crippen molar-refractivity contribution >= 4 is 21.5 Å². The number of benzene rings is 4. The highest BCUT2D eigenvalue weighted by molar-refractivity contribution is 5.85. The Morgan fingerprint density at radius 1 is 0.458 bits per heavy atom. The summed E-state index contributed by atoms with van der Waals surface area (Å²) in [7, 11) is 0. The molecule has 114 valence electrons. The maximum absolute atomic E-state index is 3.30. The predicted octanol–water partition coefficient (Wildman–Crippen LogP) is 6.01. The summed E-state index contributed by atoms with van der Waals surface area (Å²) in [5.41, 5.74) is 4.66. The van der Waals surface area contributed by atoms with Crippen LogP contribution in [0.4, 0.5) is 0 Å². The van der Waals surface area contributed by atoms with E-state index in [1.165, 1.54) is 32.7 Å².